The van der Waals surface area contributed by atoms with Crippen LogP contribution < -0.4 is 5.73 Å². The first-order valence-corrected chi connectivity index (χ1v) is 4.28. The SMILES string of the molecule is CCOC(=O)c1nc(N)ccc1C(F)F. The molecule has 15 heavy (non-hydrogen) atoms. The Morgan fingerprint density at radius 2 is 2.27 bits per heavy atom. The number of aromatic nitrogens is 1. The molecule has 0 fully saturated rings. The van der Waals surface area contributed by atoms with Gasteiger partial charge in [0, 0.05) is 0 Å². The van der Waals surface area contributed by atoms with E-state index in [2.05, 4.69) is 9.72 Å². The van der Waals surface area contributed by atoms with E-state index in [0.29, 0.717) is 0 Å². The molecular weight excluding hydrogens is 206 g/mol. The normalized spacial score (nSPS) is 10.4. The van der Waals surface area contributed by atoms with Crippen LogP contribution in [0.1, 0.15) is 29.4 Å². The quantitative estimate of drug-likeness (QED) is 0.782. The lowest BCUT2D eigenvalue weighted by molar-refractivity contribution is 0.0508. The van der Waals surface area contributed by atoms with E-state index >= 15 is 0 Å². The molecule has 82 valence electrons. The molecule has 0 radical (unpaired) electrons. The lowest BCUT2D eigenvalue weighted by atomic mass is 10.2. The van der Waals surface area contributed by atoms with Crippen molar-refractivity contribution in [2.75, 3.05) is 12.3 Å². The van der Waals surface area contributed by atoms with Crippen LogP contribution in [0.15, 0.2) is 12.1 Å². The highest BCUT2D eigenvalue weighted by atomic mass is 19.3. The Hall–Kier alpha value is -1.72. The summed E-state index contributed by atoms with van der Waals surface area (Å²) in [5.74, 6) is -0.887. The molecule has 0 bridgehead atoms. The third-order valence-corrected chi connectivity index (χ3v) is 1.65. The second-order valence-corrected chi connectivity index (χ2v) is 2.70. The maximum absolute atomic E-state index is 12.5. The van der Waals surface area contributed by atoms with E-state index < -0.39 is 23.7 Å². The Kier molecular flexibility index (Phi) is 3.54. The van der Waals surface area contributed by atoms with Crippen molar-refractivity contribution < 1.29 is 18.3 Å². The third-order valence-electron chi connectivity index (χ3n) is 1.65. The summed E-state index contributed by atoms with van der Waals surface area (Å²) in [5.41, 5.74) is 4.40. The Morgan fingerprint density at radius 1 is 1.60 bits per heavy atom. The lowest BCUT2D eigenvalue weighted by Gasteiger charge is -2.07. The standard InChI is InChI=1S/C9H10F2N2O2/c1-2-15-9(14)7-5(8(10)11)3-4-6(12)13-7/h3-4,8H,2H2,1H3,(H2,12,13). The molecule has 2 N–H and O–H groups in total. The number of nitrogens with zero attached hydrogens (tertiary/aromatic N) is 1. The van der Waals surface area contributed by atoms with Gasteiger partial charge >= 0.3 is 5.97 Å². The van der Waals surface area contributed by atoms with Gasteiger partial charge in [0.25, 0.3) is 6.43 Å². The average molecular weight is 216 g/mol. The topological polar surface area (TPSA) is 65.2 Å². The summed E-state index contributed by atoms with van der Waals surface area (Å²) in [7, 11) is 0. The van der Waals surface area contributed by atoms with Crippen molar-refractivity contribution in [3.8, 4) is 0 Å². The molecule has 0 aliphatic rings. The summed E-state index contributed by atoms with van der Waals surface area (Å²) in [6.07, 6.45) is -2.78. The second kappa shape index (κ2) is 4.68. The number of hydrogen-bond donors (Lipinski definition) is 1. The number of hydrogen-bond acceptors (Lipinski definition) is 4. The lowest BCUT2D eigenvalue weighted by Crippen LogP contribution is -2.12. The van der Waals surface area contributed by atoms with E-state index in [0.717, 1.165) is 6.07 Å². The molecule has 1 aromatic heterocycles. The van der Waals surface area contributed by atoms with Crippen molar-refractivity contribution in [1.82, 2.24) is 4.98 Å². The number of carbonyl (C=O) groups is 1. The van der Waals surface area contributed by atoms with Gasteiger partial charge in [0.05, 0.1) is 12.2 Å². The fourth-order valence-corrected chi connectivity index (χ4v) is 1.02. The van der Waals surface area contributed by atoms with Crippen molar-refractivity contribution in [3.05, 3.63) is 23.4 Å². The minimum absolute atomic E-state index is 0.00227. The first-order valence-electron chi connectivity index (χ1n) is 4.28. The van der Waals surface area contributed by atoms with Gasteiger partial charge in [-0.15, -0.1) is 0 Å². The summed E-state index contributed by atoms with van der Waals surface area (Å²) in [5, 5.41) is 0. The molecule has 6 heteroatoms. The molecule has 0 aliphatic carbocycles. The summed E-state index contributed by atoms with van der Waals surface area (Å²) >= 11 is 0. The Labute approximate surface area is 85.1 Å². The highest BCUT2D eigenvalue weighted by molar-refractivity contribution is 5.89. The molecule has 1 rings (SSSR count). The van der Waals surface area contributed by atoms with Crippen LogP contribution in [0.3, 0.4) is 0 Å². The van der Waals surface area contributed by atoms with Gasteiger partial charge in [-0.1, -0.05) is 0 Å². The zero-order valence-electron chi connectivity index (χ0n) is 8.04. The van der Waals surface area contributed by atoms with Crippen LogP contribution in [0.2, 0.25) is 0 Å². The average Bonchev–Trinajstić information content (AvgIpc) is 2.17. The Morgan fingerprint density at radius 3 is 2.80 bits per heavy atom. The van der Waals surface area contributed by atoms with E-state index in [1.807, 2.05) is 0 Å². The van der Waals surface area contributed by atoms with Crippen LogP contribution in [-0.2, 0) is 4.74 Å². The van der Waals surface area contributed by atoms with Crippen molar-refractivity contribution >= 4 is 11.8 Å². The number of halogens is 2. The monoisotopic (exact) mass is 216 g/mol. The highest BCUT2D eigenvalue weighted by Crippen LogP contribution is 2.23. The van der Waals surface area contributed by atoms with Gasteiger partial charge in [-0.05, 0) is 19.1 Å². The Balaban J connectivity index is 3.12. The molecule has 0 atom stereocenters. The van der Waals surface area contributed by atoms with Crippen molar-refractivity contribution in [2.45, 2.75) is 13.3 Å². The molecule has 0 aromatic carbocycles. The zero-order valence-corrected chi connectivity index (χ0v) is 8.04. The molecule has 0 aliphatic heterocycles. The fourth-order valence-electron chi connectivity index (χ4n) is 1.02. The minimum atomic E-state index is -2.78. The predicted octanol–water partition coefficient (Wildman–Crippen LogP) is 1.78. The largest absolute Gasteiger partial charge is 0.461 e. The molecule has 1 aromatic rings. The minimum Gasteiger partial charge on any atom is -0.461 e. The molecular formula is C9H10F2N2O2. The van der Waals surface area contributed by atoms with Crippen LogP contribution >= 0.6 is 0 Å². The van der Waals surface area contributed by atoms with Crippen LogP contribution in [0.4, 0.5) is 14.6 Å². The van der Waals surface area contributed by atoms with Crippen molar-refractivity contribution in [3.63, 3.8) is 0 Å². The van der Waals surface area contributed by atoms with E-state index in [1.165, 1.54) is 6.07 Å². The van der Waals surface area contributed by atoms with E-state index in [9.17, 15) is 13.6 Å². The van der Waals surface area contributed by atoms with Crippen LogP contribution in [0, 0.1) is 0 Å². The molecule has 0 spiro atoms. The van der Waals surface area contributed by atoms with Gasteiger partial charge in [-0.3, -0.25) is 0 Å². The number of rotatable bonds is 3. The molecule has 0 unspecified atom stereocenters. The first kappa shape index (κ1) is 11.4. The number of anilines is 1. The van der Waals surface area contributed by atoms with Gasteiger partial charge in [-0.2, -0.15) is 0 Å². The maximum atomic E-state index is 12.5. The third kappa shape index (κ3) is 2.61. The van der Waals surface area contributed by atoms with Crippen LogP contribution in [0.5, 0.6) is 0 Å². The van der Waals surface area contributed by atoms with Gasteiger partial charge in [0.2, 0.25) is 0 Å². The smallest absolute Gasteiger partial charge is 0.357 e. The predicted molar refractivity (Wildman–Crippen MR) is 49.6 cm³/mol. The van der Waals surface area contributed by atoms with Gasteiger partial charge in [0.15, 0.2) is 5.69 Å². The number of esters is 1. The molecule has 0 amide bonds. The van der Waals surface area contributed by atoms with Gasteiger partial charge in [-0.25, -0.2) is 18.6 Å². The summed E-state index contributed by atoms with van der Waals surface area (Å²) in [6.45, 7) is 1.67. The molecule has 0 saturated heterocycles. The summed E-state index contributed by atoms with van der Waals surface area (Å²) in [4.78, 5) is 14.8. The highest BCUT2D eigenvalue weighted by Gasteiger charge is 2.21. The number of pyridine rings is 1. The summed E-state index contributed by atoms with van der Waals surface area (Å²) < 4.78 is 29.5. The first-order chi connectivity index (χ1) is 7.06. The van der Waals surface area contributed by atoms with E-state index in [1.54, 1.807) is 6.92 Å². The van der Waals surface area contributed by atoms with Crippen molar-refractivity contribution in [1.29, 1.82) is 0 Å². The maximum Gasteiger partial charge on any atom is 0.357 e. The van der Waals surface area contributed by atoms with Crippen molar-refractivity contribution in [2.24, 2.45) is 0 Å². The number of nitrogens with two attached hydrogens (primary N) is 1. The zero-order chi connectivity index (χ0) is 11.4. The number of alkyl halides is 2. The van der Waals surface area contributed by atoms with Crippen LogP contribution in [-0.4, -0.2) is 17.6 Å². The number of carbonyl (C=O) groups excluding carboxylic acids is 1. The summed E-state index contributed by atoms with van der Waals surface area (Å²) in [6, 6.07) is 2.28. The number of nitrogen functional groups attached to an aromatic ring is 1. The number of ether oxygens (including phenoxy) is 1. The fraction of sp³-hybridized carbons (Fsp3) is 0.333. The van der Waals surface area contributed by atoms with Gasteiger partial charge < -0.3 is 10.5 Å². The Bertz CT molecular complexity index is 369. The van der Waals surface area contributed by atoms with Gasteiger partial charge in [0.1, 0.15) is 5.82 Å². The molecule has 4 nitrogen and oxygen atoms in total. The van der Waals surface area contributed by atoms with Crippen LogP contribution in [0.25, 0.3) is 0 Å². The van der Waals surface area contributed by atoms with E-state index in [4.69, 9.17) is 5.73 Å². The molecule has 1 heterocycles. The second-order valence-electron chi connectivity index (χ2n) is 2.70. The van der Waals surface area contributed by atoms with E-state index in [-0.39, 0.29) is 12.4 Å². The molecule has 0 saturated carbocycles.